The molecule has 162 valence electrons. The van der Waals surface area contributed by atoms with Crippen LogP contribution in [-0.2, 0) is 12.8 Å². The summed E-state index contributed by atoms with van der Waals surface area (Å²) < 4.78 is 1.95. The summed E-state index contributed by atoms with van der Waals surface area (Å²) in [4.78, 5) is 13.9. The lowest BCUT2D eigenvalue weighted by Gasteiger charge is -2.24. The Morgan fingerprint density at radius 3 is 3.03 bits per heavy atom. The highest BCUT2D eigenvalue weighted by Crippen LogP contribution is 2.29. The maximum atomic E-state index is 9.38. The zero-order valence-electron chi connectivity index (χ0n) is 18.4. The minimum absolute atomic E-state index is 0.0840. The third-order valence-electron chi connectivity index (χ3n) is 6.43. The smallest absolute Gasteiger partial charge is 0.269 e. The number of nitrogens with one attached hydrogen (secondary N) is 1. The van der Waals surface area contributed by atoms with E-state index in [1.807, 2.05) is 10.6 Å². The van der Waals surface area contributed by atoms with Gasteiger partial charge in [-0.2, -0.15) is 10.2 Å². The molecule has 1 atom stereocenters. The second-order valence-electron chi connectivity index (χ2n) is 8.67. The number of aromatic nitrogens is 4. The van der Waals surface area contributed by atoms with E-state index in [0.29, 0.717) is 11.8 Å². The van der Waals surface area contributed by atoms with Crippen LogP contribution in [0.15, 0.2) is 42.7 Å². The van der Waals surface area contributed by atoms with Gasteiger partial charge >= 0.3 is 0 Å². The molecule has 1 aliphatic heterocycles. The van der Waals surface area contributed by atoms with Gasteiger partial charge in [-0.15, -0.1) is 0 Å². The molecule has 0 radical (unpaired) electrons. The van der Waals surface area contributed by atoms with Crippen LogP contribution < -0.4 is 5.32 Å². The van der Waals surface area contributed by atoms with Crippen molar-refractivity contribution >= 4 is 18.7 Å². The number of aryl methyl sites for hydroxylation is 1. The van der Waals surface area contributed by atoms with Crippen molar-refractivity contribution in [2.75, 3.05) is 5.32 Å². The fourth-order valence-corrected chi connectivity index (χ4v) is 4.79. The molecule has 0 bridgehead atoms. The van der Waals surface area contributed by atoms with Crippen molar-refractivity contribution in [1.82, 2.24) is 19.5 Å². The van der Waals surface area contributed by atoms with Crippen LogP contribution in [0.2, 0.25) is 12.6 Å². The Morgan fingerprint density at radius 1 is 1.21 bits per heavy atom. The largest absolute Gasteiger partial charge is 0.352 e. The molecule has 3 aromatic rings. The van der Waals surface area contributed by atoms with Crippen LogP contribution in [0.25, 0.3) is 23.3 Å². The van der Waals surface area contributed by atoms with E-state index >= 15 is 0 Å². The summed E-state index contributed by atoms with van der Waals surface area (Å²) in [5.74, 6) is 4.37. The van der Waals surface area contributed by atoms with Gasteiger partial charge in [-0.25, -0.2) is 15.2 Å². The third-order valence-corrected chi connectivity index (χ3v) is 6.43. The molecule has 0 amide bonds. The molecule has 1 aliphatic carbocycles. The lowest BCUT2D eigenvalue weighted by molar-refractivity contribution is 0.648. The number of rotatable bonds is 5. The Bertz CT molecular complexity index is 1280. The van der Waals surface area contributed by atoms with Crippen molar-refractivity contribution in [2.24, 2.45) is 0 Å². The second-order valence-corrected chi connectivity index (χ2v) is 8.67. The van der Waals surface area contributed by atoms with E-state index in [1.165, 1.54) is 11.1 Å². The van der Waals surface area contributed by atoms with Crippen molar-refractivity contribution < 1.29 is 0 Å². The molecule has 1 N–H and O–H groups in total. The van der Waals surface area contributed by atoms with Gasteiger partial charge in [0.05, 0.1) is 24.4 Å². The number of anilines is 1. The number of nitrogens with zero attached hydrogens (tertiary/aromatic N) is 6. The molecule has 2 aromatic heterocycles. The summed E-state index contributed by atoms with van der Waals surface area (Å²) in [6.45, 7) is 0.0840. The van der Waals surface area contributed by atoms with Gasteiger partial charge in [-0.05, 0) is 48.8 Å². The van der Waals surface area contributed by atoms with Crippen molar-refractivity contribution in [1.29, 1.82) is 10.5 Å². The molecule has 0 spiro atoms. The Morgan fingerprint density at radius 2 is 2.15 bits per heavy atom. The maximum Gasteiger partial charge on any atom is 0.269 e. The molecule has 2 aliphatic rings. The topological polar surface area (TPSA) is 103 Å². The third kappa shape index (κ3) is 4.38. The van der Waals surface area contributed by atoms with E-state index in [1.54, 1.807) is 12.4 Å². The first-order chi connectivity index (χ1) is 16.2. The summed E-state index contributed by atoms with van der Waals surface area (Å²) in [6, 6.07) is 10.7. The number of hydrogen-bond donors (Lipinski definition) is 1. The molecule has 5 rings (SSSR count). The molecule has 1 fully saturated rings. The van der Waals surface area contributed by atoms with E-state index in [9.17, 15) is 10.5 Å². The van der Waals surface area contributed by atoms with E-state index in [0.717, 1.165) is 55.4 Å². The molecular formula is C25H24BN7. The average molecular weight is 433 g/mol. The summed E-state index contributed by atoms with van der Waals surface area (Å²) >= 11 is 0. The molecule has 0 saturated carbocycles. The predicted octanol–water partition coefficient (Wildman–Crippen LogP) is 4.49. The van der Waals surface area contributed by atoms with Gasteiger partial charge < -0.3 is 5.32 Å². The van der Waals surface area contributed by atoms with Crippen LogP contribution in [0, 0.1) is 22.6 Å². The van der Waals surface area contributed by atoms with Gasteiger partial charge in [0.1, 0.15) is 11.6 Å². The highest BCUT2D eigenvalue weighted by molar-refractivity contribution is 6.67. The molecule has 1 unspecified atom stereocenters. The molecule has 1 saturated heterocycles. The van der Waals surface area contributed by atoms with Crippen molar-refractivity contribution in [3.8, 4) is 29.2 Å². The van der Waals surface area contributed by atoms with E-state index < -0.39 is 0 Å². The number of fused-ring (bicyclic) bond motifs is 1. The normalized spacial score (nSPS) is 17.2. The Kier molecular flexibility index (Phi) is 5.91. The second kappa shape index (κ2) is 9.30. The van der Waals surface area contributed by atoms with Gasteiger partial charge in [0.2, 0.25) is 5.95 Å². The summed E-state index contributed by atoms with van der Waals surface area (Å²) in [7, 11) is 0. The number of hydrogen-bond acceptors (Lipinski definition) is 6. The Labute approximate surface area is 193 Å². The Hall–Kier alpha value is -3.91. The predicted molar refractivity (Wildman–Crippen MR) is 129 cm³/mol. The molecule has 8 heteroatoms. The van der Waals surface area contributed by atoms with E-state index in [4.69, 9.17) is 4.98 Å². The molecule has 3 heterocycles. The van der Waals surface area contributed by atoms with Crippen LogP contribution in [0.1, 0.15) is 36.1 Å². The quantitative estimate of drug-likeness (QED) is 0.595. The van der Waals surface area contributed by atoms with Crippen LogP contribution in [0.3, 0.4) is 0 Å². The minimum atomic E-state index is 0.0840. The number of imidazole rings is 1. The molecule has 7 nitrogen and oxygen atoms in total. The van der Waals surface area contributed by atoms with Crippen molar-refractivity contribution in [3.63, 3.8) is 0 Å². The standard InChI is InChI=1S/C25H24BN7/c27-12-9-22-16-30-24(20-8-7-18-4-1-2-5-19(18)14-20)33(22)23-10-13-29-25(32-23)31-21-6-3-11-26(15-21)17-28/h1,4,7-8,10,13-14,16,21H,2-3,5-6,9,11,15H2,(H,29,31,32). The fraction of sp³-hybridized carbons (Fsp3) is 0.320. The van der Waals surface area contributed by atoms with Gasteiger partial charge in [0, 0.05) is 23.8 Å². The van der Waals surface area contributed by atoms with Gasteiger partial charge in [0.25, 0.3) is 6.71 Å². The van der Waals surface area contributed by atoms with E-state index in [-0.39, 0.29) is 19.2 Å². The number of allylic oxidation sites excluding steroid dienone is 1. The lowest BCUT2D eigenvalue weighted by Crippen LogP contribution is -2.31. The first kappa shape index (κ1) is 21.0. The maximum absolute atomic E-state index is 9.38. The zero-order valence-corrected chi connectivity index (χ0v) is 18.4. The number of benzene rings is 1. The fourth-order valence-electron chi connectivity index (χ4n) is 4.79. The summed E-state index contributed by atoms with van der Waals surface area (Å²) in [5, 5.41) is 22.1. The van der Waals surface area contributed by atoms with Crippen molar-refractivity contribution in [3.05, 3.63) is 59.6 Å². The van der Waals surface area contributed by atoms with E-state index in [2.05, 4.69) is 57.7 Å². The highest BCUT2D eigenvalue weighted by atomic mass is 15.2. The van der Waals surface area contributed by atoms with Gasteiger partial charge in [-0.3, -0.25) is 4.57 Å². The monoisotopic (exact) mass is 433 g/mol. The highest BCUT2D eigenvalue weighted by Gasteiger charge is 2.26. The van der Waals surface area contributed by atoms with Crippen LogP contribution in [0.4, 0.5) is 5.95 Å². The summed E-state index contributed by atoms with van der Waals surface area (Å²) in [5.41, 5.74) is 4.35. The van der Waals surface area contributed by atoms with Gasteiger partial charge in [0.15, 0.2) is 0 Å². The van der Waals surface area contributed by atoms with Gasteiger partial charge in [-0.1, -0.05) is 37.0 Å². The van der Waals surface area contributed by atoms with Crippen LogP contribution in [-0.4, -0.2) is 32.3 Å². The van der Waals surface area contributed by atoms with Crippen LogP contribution >= 0.6 is 0 Å². The first-order valence-corrected chi connectivity index (χ1v) is 11.5. The zero-order chi connectivity index (χ0) is 22.6. The molecule has 1 aromatic carbocycles. The Balaban J connectivity index is 1.50. The number of nitriles is 2. The SMILES string of the molecule is N#CCc1cnc(-c2ccc3c(c2)CCC=C3)n1-c1ccnc(NC2CCCB(C#N)C2)n1. The molecule has 33 heavy (non-hydrogen) atoms. The minimum Gasteiger partial charge on any atom is -0.352 e. The first-order valence-electron chi connectivity index (χ1n) is 11.5. The lowest BCUT2D eigenvalue weighted by atomic mass is 9.42. The summed E-state index contributed by atoms with van der Waals surface area (Å²) in [6.07, 6.45) is 13.9. The van der Waals surface area contributed by atoms with Crippen molar-refractivity contribution in [2.45, 2.75) is 50.8 Å². The average Bonchev–Trinajstić information content (AvgIpc) is 3.28. The molecular weight excluding hydrogens is 409 g/mol. The van der Waals surface area contributed by atoms with Crippen LogP contribution in [0.5, 0.6) is 0 Å².